The fourth-order valence-electron chi connectivity index (χ4n) is 1.95. The van der Waals surface area contributed by atoms with E-state index in [9.17, 15) is 9.59 Å². The van der Waals surface area contributed by atoms with E-state index >= 15 is 0 Å². The Morgan fingerprint density at radius 2 is 1.82 bits per heavy atom. The molecule has 0 saturated heterocycles. The zero-order chi connectivity index (χ0) is 16.1. The zero-order valence-corrected chi connectivity index (χ0v) is 13.1. The molecule has 0 fully saturated rings. The van der Waals surface area contributed by atoms with E-state index in [4.69, 9.17) is 11.6 Å². The van der Waals surface area contributed by atoms with E-state index in [-0.39, 0.29) is 12.3 Å². The van der Waals surface area contributed by atoms with Gasteiger partial charge in [-0.2, -0.15) is 0 Å². The highest BCUT2D eigenvalue weighted by Gasteiger charge is 2.11. The van der Waals surface area contributed by atoms with Crippen molar-refractivity contribution in [2.45, 2.75) is 13.3 Å². The molecule has 0 bridgehead atoms. The molecule has 114 valence electrons. The normalized spacial score (nSPS) is 10.1. The van der Waals surface area contributed by atoms with Crippen LogP contribution in [-0.2, 0) is 16.0 Å². The first-order chi connectivity index (χ1) is 10.5. The van der Waals surface area contributed by atoms with Crippen molar-refractivity contribution in [2.24, 2.45) is 0 Å². The van der Waals surface area contributed by atoms with E-state index in [0.29, 0.717) is 16.3 Å². The molecule has 0 aromatic heterocycles. The Balaban J connectivity index is 2.10. The number of ether oxygens (including phenoxy) is 1. The molecule has 0 heterocycles. The summed E-state index contributed by atoms with van der Waals surface area (Å²) in [5, 5.41) is 3.08. The van der Waals surface area contributed by atoms with Gasteiger partial charge in [0, 0.05) is 0 Å². The molecule has 0 spiro atoms. The van der Waals surface area contributed by atoms with Gasteiger partial charge in [0.1, 0.15) is 0 Å². The predicted octanol–water partition coefficient (Wildman–Crippen LogP) is 3.62. The highest BCUT2D eigenvalue weighted by Crippen LogP contribution is 2.23. The largest absolute Gasteiger partial charge is 0.465 e. The van der Waals surface area contributed by atoms with E-state index in [1.165, 1.54) is 13.2 Å². The van der Waals surface area contributed by atoms with E-state index in [1.807, 2.05) is 31.2 Å². The van der Waals surface area contributed by atoms with Crippen LogP contribution in [0.4, 0.5) is 5.69 Å². The summed E-state index contributed by atoms with van der Waals surface area (Å²) in [7, 11) is 1.30. The van der Waals surface area contributed by atoms with Gasteiger partial charge in [0.05, 0.1) is 29.8 Å². The lowest BCUT2D eigenvalue weighted by Gasteiger charge is -2.09. The molecule has 2 aromatic carbocycles. The molecule has 22 heavy (non-hydrogen) atoms. The van der Waals surface area contributed by atoms with Crippen molar-refractivity contribution in [3.05, 3.63) is 64.2 Å². The molecule has 0 aliphatic carbocycles. The van der Waals surface area contributed by atoms with Crippen LogP contribution in [0.2, 0.25) is 5.02 Å². The Morgan fingerprint density at radius 3 is 2.45 bits per heavy atom. The van der Waals surface area contributed by atoms with Gasteiger partial charge in [-0.25, -0.2) is 4.79 Å². The van der Waals surface area contributed by atoms with Crippen molar-refractivity contribution in [1.29, 1.82) is 0 Å². The van der Waals surface area contributed by atoms with Crippen LogP contribution >= 0.6 is 11.6 Å². The molecule has 4 nitrogen and oxygen atoms in total. The number of amides is 1. The highest BCUT2D eigenvalue weighted by molar-refractivity contribution is 6.33. The number of carbonyl (C=O) groups is 2. The Labute approximate surface area is 134 Å². The number of nitrogens with one attached hydrogen (secondary N) is 1. The maximum Gasteiger partial charge on any atom is 0.337 e. The van der Waals surface area contributed by atoms with E-state index < -0.39 is 5.97 Å². The van der Waals surface area contributed by atoms with Crippen LogP contribution in [0, 0.1) is 6.92 Å². The standard InChI is InChI=1S/C17H16ClNO3/c1-11-3-5-12(6-4-11)9-16(20)19-15-10-13(17(21)22-2)7-8-14(15)18/h3-8,10H,9H2,1-2H3,(H,19,20). The quantitative estimate of drug-likeness (QED) is 0.876. The average molecular weight is 318 g/mol. The molecule has 0 unspecified atom stereocenters. The third-order valence-electron chi connectivity index (χ3n) is 3.15. The molecule has 2 rings (SSSR count). The Kier molecular flexibility index (Phi) is 5.17. The van der Waals surface area contributed by atoms with Gasteiger partial charge >= 0.3 is 5.97 Å². The summed E-state index contributed by atoms with van der Waals surface area (Å²) < 4.78 is 4.65. The monoisotopic (exact) mass is 317 g/mol. The van der Waals surface area contributed by atoms with E-state index in [0.717, 1.165) is 11.1 Å². The third-order valence-corrected chi connectivity index (χ3v) is 3.48. The number of carbonyl (C=O) groups excluding carboxylic acids is 2. The summed E-state index contributed by atoms with van der Waals surface area (Å²) >= 11 is 6.05. The van der Waals surface area contributed by atoms with Gasteiger partial charge in [-0.3, -0.25) is 4.79 Å². The number of esters is 1. The molecule has 1 amide bonds. The van der Waals surface area contributed by atoms with Crippen molar-refractivity contribution < 1.29 is 14.3 Å². The number of benzene rings is 2. The second kappa shape index (κ2) is 7.09. The van der Waals surface area contributed by atoms with Crippen molar-refractivity contribution in [2.75, 3.05) is 12.4 Å². The number of aryl methyl sites for hydroxylation is 1. The topological polar surface area (TPSA) is 55.4 Å². The molecular formula is C17H16ClNO3. The molecule has 2 aromatic rings. The minimum absolute atomic E-state index is 0.201. The Bertz CT molecular complexity index is 696. The van der Waals surface area contributed by atoms with Crippen molar-refractivity contribution in [1.82, 2.24) is 0 Å². The number of halogens is 1. The molecule has 1 N–H and O–H groups in total. The summed E-state index contributed by atoms with van der Waals surface area (Å²) in [6.07, 6.45) is 0.235. The van der Waals surface area contributed by atoms with Gasteiger partial charge in [-0.05, 0) is 30.7 Å². The summed E-state index contributed by atoms with van der Waals surface area (Å²) in [5.74, 6) is -0.682. The van der Waals surface area contributed by atoms with E-state index in [2.05, 4.69) is 10.1 Å². The van der Waals surface area contributed by atoms with Gasteiger partial charge in [-0.15, -0.1) is 0 Å². The lowest BCUT2D eigenvalue weighted by molar-refractivity contribution is -0.115. The maximum absolute atomic E-state index is 12.1. The molecular weight excluding hydrogens is 302 g/mol. The van der Waals surface area contributed by atoms with Crippen LogP contribution in [0.15, 0.2) is 42.5 Å². The second-order valence-corrected chi connectivity index (χ2v) is 5.30. The summed E-state index contributed by atoms with van der Waals surface area (Å²) in [4.78, 5) is 23.6. The van der Waals surface area contributed by atoms with Crippen LogP contribution in [0.3, 0.4) is 0 Å². The van der Waals surface area contributed by atoms with Crippen LogP contribution in [-0.4, -0.2) is 19.0 Å². The first-order valence-electron chi connectivity index (χ1n) is 6.73. The predicted molar refractivity (Wildman–Crippen MR) is 86.3 cm³/mol. The first-order valence-corrected chi connectivity index (χ1v) is 7.10. The van der Waals surface area contributed by atoms with Crippen LogP contribution < -0.4 is 5.32 Å². The molecule has 0 atom stereocenters. The highest BCUT2D eigenvalue weighted by atomic mass is 35.5. The Morgan fingerprint density at radius 1 is 1.14 bits per heavy atom. The lowest BCUT2D eigenvalue weighted by atomic mass is 10.1. The van der Waals surface area contributed by atoms with Crippen LogP contribution in [0.25, 0.3) is 0 Å². The summed E-state index contributed by atoms with van der Waals surface area (Å²) in [5.41, 5.74) is 2.76. The average Bonchev–Trinajstić information content (AvgIpc) is 2.51. The van der Waals surface area contributed by atoms with Crippen molar-refractivity contribution in [3.63, 3.8) is 0 Å². The first kappa shape index (κ1) is 16.0. The smallest absolute Gasteiger partial charge is 0.337 e. The minimum Gasteiger partial charge on any atom is -0.465 e. The van der Waals surface area contributed by atoms with Gasteiger partial charge < -0.3 is 10.1 Å². The molecule has 0 aliphatic heterocycles. The fraction of sp³-hybridized carbons (Fsp3) is 0.176. The molecule has 0 saturated carbocycles. The second-order valence-electron chi connectivity index (χ2n) is 4.90. The van der Waals surface area contributed by atoms with Gasteiger partial charge in [0.15, 0.2) is 0 Å². The van der Waals surface area contributed by atoms with Gasteiger partial charge in [0.2, 0.25) is 5.91 Å². The maximum atomic E-state index is 12.1. The molecule has 0 aliphatic rings. The number of rotatable bonds is 4. The summed E-state index contributed by atoms with van der Waals surface area (Å²) in [6, 6.07) is 12.3. The Hall–Kier alpha value is -2.33. The fourth-order valence-corrected chi connectivity index (χ4v) is 2.12. The van der Waals surface area contributed by atoms with Crippen LogP contribution in [0.1, 0.15) is 21.5 Å². The number of hydrogen-bond acceptors (Lipinski definition) is 3. The van der Waals surface area contributed by atoms with E-state index in [1.54, 1.807) is 12.1 Å². The van der Waals surface area contributed by atoms with Crippen LogP contribution in [0.5, 0.6) is 0 Å². The zero-order valence-electron chi connectivity index (χ0n) is 12.4. The van der Waals surface area contributed by atoms with Crippen molar-refractivity contribution in [3.8, 4) is 0 Å². The third kappa shape index (κ3) is 4.09. The SMILES string of the molecule is COC(=O)c1ccc(Cl)c(NC(=O)Cc2ccc(C)cc2)c1. The van der Waals surface area contributed by atoms with Gasteiger partial charge in [-0.1, -0.05) is 41.4 Å². The molecule has 5 heteroatoms. The summed E-state index contributed by atoms with van der Waals surface area (Å²) in [6.45, 7) is 1.99. The number of hydrogen-bond donors (Lipinski definition) is 1. The lowest BCUT2D eigenvalue weighted by Crippen LogP contribution is -2.15. The van der Waals surface area contributed by atoms with Gasteiger partial charge in [0.25, 0.3) is 0 Å². The van der Waals surface area contributed by atoms with Crippen molar-refractivity contribution >= 4 is 29.2 Å². The minimum atomic E-state index is -0.481. The molecule has 0 radical (unpaired) electrons. The number of anilines is 1. The number of methoxy groups -OCH3 is 1.